The van der Waals surface area contributed by atoms with Gasteiger partial charge in [0.15, 0.2) is 0 Å². The molecule has 0 saturated heterocycles. The van der Waals surface area contributed by atoms with E-state index in [2.05, 4.69) is 21.6 Å². The Balaban J connectivity index is 2.01. The van der Waals surface area contributed by atoms with Gasteiger partial charge in [0.25, 0.3) is 5.91 Å². The molecule has 2 N–H and O–H groups in total. The summed E-state index contributed by atoms with van der Waals surface area (Å²) in [5.41, 5.74) is 2.65. The third kappa shape index (κ3) is 7.04. The number of benzene rings is 2. The van der Waals surface area contributed by atoms with Crippen molar-refractivity contribution in [1.29, 1.82) is 0 Å². The van der Waals surface area contributed by atoms with Crippen LogP contribution in [0.3, 0.4) is 0 Å². The lowest BCUT2D eigenvalue weighted by atomic mass is 10.1. The third-order valence-electron chi connectivity index (χ3n) is 3.81. The van der Waals surface area contributed by atoms with Crippen molar-refractivity contribution < 1.29 is 14.3 Å². The molecule has 2 amide bonds. The molecule has 150 valence electrons. The number of ether oxygens (including phenoxy) is 1. The van der Waals surface area contributed by atoms with Crippen molar-refractivity contribution in [3.05, 3.63) is 65.2 Å². The summed E-state index contributed by atoms with van der Waals surface area (Å²) in [5.74, 6) is -0.201. The van der Waals surface area contributed by atoms with Gasteiger partial charge in [-0.25, -0.2) is 4.79 Å². The van der Waals surface area contributed by atoms with Gasteiger partial charge < -0.3 is 15.0 Å². The van der Waals surface area contributed by atoms with Crippen LogP contribution in [0, 0.1) is 0 Å². The summed E-state index contributed by atoms with van der Waals surface area (Å²) in [5, 5.41) is 5.60. The van der Waals surface area contributed by atoms with Gasteiger partial charge in [0.1, 0.15) is 5.60 Å². The minimum atomic E-state index is -0.584. The van der Waals surface area contributed by atoms with Crippen LogP contribution < -0.4 is 10.6 Å². The summed E-state index contributed by atoms with van der Waals surface area (Å²) in [6.07, 6.45) is -0.553. The number of hydrogen-bond donors (Lipinski definition) is 2. The highest BCUT2D eigenvalue weighted by Crippen LogP contribution is 2.15. The summed E-state index contributed by atoms with van der Waals surface area (Å²) in [6, 6.07) is 14.8. The Kier molecular flexibility index (Phi) is 7.18. The molecule has 2 aromatic carbocycles. The molecule has 0 aliphatic rings. The Morgan fingerprint density at radius 3 is 2.32 bits per heavy atom. The van der Waals surface area contributed by atoms with E-state index in [1.807, 2.05) is 32.3 Å². The van der Waals surface area contributed by atoms with E-state index in [1.165, 1.54) is 5.56 Å². The molecule has 0 unspecified atom stereocenters. The normalized spacial score (nSPS) is 11.2. The molecule has 0 aliphatic carbocycles. The van der Waals surface area contributed by atoms with Crippen LogP contribution in [0.2, 0.25) is 0 Å². The molecule has 28 heavy (non-hydrogen) atoms. The van der Waals surface area contributed by atoms with Gasteiger partial charge in [-0.05, 0) is 64.2 Å². The Morgan fingerprint density at radius 1 is 1.00 bits per heavy atom. The van der Waals surface area contributed by atoms with Crippen LogP contribution in [0.4, 0.5) is 10.5 Å². The summed E-state index contributed by atoms with van der Waals surface area (Å²) in [6.45, 7) is 6.63. The van der Waals surface area contributed by atoms with Crippen LogP contribution in [0.15, 0.2) is 48.5 Å². The molecule has 2 aromatic rings. The van der Waals surface area contributed by atoms with E-state index in [4.69, 9.17) is 4.74 Å². The Morgan fingerprint density at radius 2 is 1.68 bits per heavy atom. The van der Waals surface area contributed by atoms with E-state index >= 15 is 0 Å². The zero-order chi connectivity index (χ0) is 20.7. The van der Waals surface area contributed by atoms with Gasteiger partial charge in [-0.15, -0.1) is 0 Å². The van der Waals surface area contributed by atoms with Crippen molar-refractivity contribution in [2.75, 3.05) is 19.4 Å². The number of nitrogens with one attached hydrogen (secondary N) is 2. The first-order valence-electron chi connectivity index (χ1n) is 9.24. The molecule has 0 saturated carbocycles. The van der Waals surface area contributed by atoms with Crippen molar-refractivity contribution in [2.24, 2.45) is 0 Å². The number of nitrogens with zero attached hydrogens (tertiary/aromatic N) is 1. The van der Waals surface area contributed by atoms with E-state index in [9.17, 15) is 9.59 Å². The molecule has 0 aromatic heterocycles. The van der Waals surface area contributed by atoms with Crippen molar-refractivity contribution >= 4 is 17.7 Å². The van der Waals surface area contributed by atoms with E-state index in [0.29, 0.717) is 17.8 Å². The van der Waals surface area contributed by atoms with Gasteiger partial charge >= 0.3 is 6.09 Å². The Labute approximate surface area is 166 Å². The van der Waals surface area contributed by atoms with Gasteiger partial charge in [0.05, 0.1) is 0 Å². The highest BCUT2D eigenvalue weighted by molar-refractivity contribution is 5.96. The molecule has 0 aliphatic heterocycles. The van der Waals surface area contributed by atoms with E-state index in [1.54, 1.807) is 45.0 Å². The average Bonchev–Trinajstić information content (AvgIpc) is 2.58. The number of carbonyl (C=O) groups is 2. The molecule has 6 nitrogen and oxygen atoms in total. The van der Waals surface area contributed by atoms with E-state index < -0.39 is 11.7 Å². The number of rotatable bonds is 6. The first-order chi connectivity index (χ1) is 13.1. The zero-order valence-electron chi connectivity index (χ0n) is 17.2. The Hall–Kier alpha value is -2.86. The quantitative estimate of drug-likeness (QED) is 0.790. The van der Waals surface area contributed by atoms with Gasteiger partial charge in [-0.2, -0.15) is 0 Å². The predicted octanol–water partition coefficient (Wildman–Crippen LogP) is 4.03. The minimum Gasteiger partial charge on any atom is -0.444 e. The summed E-state index contributed by atoms with van der Waals surface area (Å²) < 4.78 is 5.24. The smallest absolute Gasteiger partial charge is 0.412 e. The molecule has 0 atom stereocenters. The average molecular weight is 383 g/mol. The molecule has 2 rings (SSSR count). The highest BCUT2D eigenvalue weighted by atomic mass is 16.6. The highest BCUT2D eigenvalue weighted by Gasteiger charge is 2.16. The summed E-state index contributed by atoms with van der Waals surface area (Å²) in [7, 11) is 4.02. The second kappa shape index (κ2) is 9.37. The maximum atomic E-state index is 12.6. The fourth-order valence-corrected chi connectivity index (χ4v) is 2.66. The molecule has 0 heterocycles. The van der Waals surface area contributed by atoms with Crippen LogP contribution in [0.1, 0.15) is 42.3 Å². The van der Waals surface area contributed by atoms with Crippen molar-refractivity contribution in [2.45, 2.75) is 39.5 Å². The second-order valence-corrected chi connectivity index (χ2v) is 7.90. The fourth-order valence-electron chi connectivity index (χ4n) is 2.66. The van der Waals surface area contributed by atoms with E-state index in [-0.39, 0.29) is 5.91 Å². The van der Waals surface area contributed by atoms with Gasteiger partial charge in [0, 0.05) is 24.3 Å². The lowest BCUT2D eigenvalue weighted by Crippen LogP contribution is -2.27. The first kappa shape index (κ1) is 21.4. The SMILES string of the molecule is CN(C)Cc1ccccc1CNC(=O)c1cccc(NC(=O)OC(C)(C)C)c1. The van der Waals surface area contributed by atoms with Crippen LogP contribution in [0.5, 0.6) is 0 Å². The summed E-state index contributed by atoms with van der Waals surface area (Å²) in [4.78, 5) is 26.6. The maximum absolute atomic E-state index is 12.6. The standard InChI is InChI=1S/C22H29N3O3/c1-22(2,3)28-21(27)24-19-12-8-11-16(13-19)20(26)23-14-17-9-6-7-10-18(17)15-25(4)5/h6-13H,14-15H2,1-5H3,(H,23,26)(H,24,27). The number of carbonyl (C=O) groups excluding carboxylic acids is 2. The van der Waals surface area contributed by atoms with Crippen LogP contribution >= 0.6 is 0 Å². The monoisotopic (exact) mass is 383 g/mol. The molecule has 6 heteroatoms. The number of amides is 2. The lowest BCUT2D eigenvalue weighted by Gasteiger charge is -2.19. The van der Waals surface area contributed by atoms with Gasteiger partial charge in [-0.1, -0.05) is 30.3 Å². The third-order valence-corrected chi connectivity index (χ3v) is 3.81. The molecule has 0 radical (unpaired) electrons. The largest absolute Gasteiger partial charge is 0.444 e. The topological polar surface area (TPSA) is 70.7 Å². The molecule has 0 spiro atoms. The number of anilines is 1. The molecular weight excluding hydrogens is 354 g/mol. The molecule has 0 bridgehead atoms. The van der Waals surface area contributed by atoms with Crippen LogP contribution in [-0.4, -0.2) is 36.6 Å². The predicted molar refractivity (Wildman–Crippen MR) is 111 cm³/mol. The first-order valence-corrected chi connectivity index (χ1v) is 9.24. The number of hydrogen-bond acceptors (Lipinski definition) is 4. The fraction of sp³-hybridized carbons (Fsp3) is 0.364. The minimum absolute atomic E-state index is 0.201. The van der Waals surface area contributed by atoms with Crippen LogP contribution in [0.25, 0.3) is 0 Å². The van der Waals surface area contributed by atoms with Crippen molar-refractivity contribution in [1.82, 2.24) is 10.2 Å². The molecular formula is C22H29N3O3. The maximum Gasteiger partial charge on any atom is 0.412 e. The molecule has 0 fully saturated rings. The lowest BCUT2D eigenvalue weighted by molar-refractivity contribution is 0.0635. The van der Waals surface area contributed by atoms with Gasteiger partial charge in [-0.3, -0.25) is 10.1 Å². The second-order valence-electron chi connectivity index (χ2n) is 7.90. The van der Waals surface area contributed by atoms with Crippen molar-refractivity contribution in [3.63, 3.8) is 0 Å². The Bertz CT molecular complexity index is 826. The van der Waals surface area contributed by atoms with Gasteiger partial charge in [0.2, 0.25) is 0 Å². The van der Waals surface area contributed by atoms with Crippen LogP contribution in [-0.2, 0) is 17.8 Å². The van der Waals surface area contributed by atoms with Crippen molar-refractivity contribution in [3.8, 4) is 0 Å². The summed E-state index contributed by atoms with van der Waals surface area (Å²) >= 11 is 0. The zero-order valence-corrected chi connectivity index (χ0v) is 17.2. The van der Waals surface area contributed by atoms with E-state index in [0.717, 1.165) is 12.1 Å².